The topological polar surface area (TPSA) is 87.1 Å². The molecule has 0 aliphatic rings. The zero-order chi connectivity index (χ0) is 13.2. The van der Waals surface area contributed by atoms with Gasteiger partial charge in [0.1, 0.15) is 11.2 Å². The molecule has 0 saturated heterocycles. The second kappa shape index (κ2) is 5.01. The van der Waals surface area contributed by atoms with Gasteiger partial charge in [-0.2, -0.15) is 4.98 Å². The Morgan fingerprint density at radius 3 is 2.89 bits per heavy atom. The highest BCUT2D eigenvalue weighted by Crippen LogP contribution is 2.20. The molecule has 2 aromatic rings. The van der Waals surface area contributed by atoms with Crippen molar-refractivity contribution in [3.63, 3.8) is 0 Å². The number of nitrogens with zero attached hydrogens (tertiary/aromatic N) is 3. The van der Waals surface area contributed by atoms with Crippen molar-refractivity contribution in [2.75, 3.05) is 13.7 Å². The number of hydrogen-bond donors (Lipinski definition) is 1. The summed E-state index contributed by atoms with van der Waals surface area (Å²) in [6, 6.07) is 3.40. The quantitative estimate of drug-likeness (QED) is 0.906. The third-order valence-electron chi connectivity index (χ3n) is 2.33. The highest BCUT2D eigenvalue weighted by molar-refractivity contribution is 6.30. The molecule has 0 radical (unpaired) electrons. The van der Waals surface area contributed by atoms with Gasteiger partial charge < -0.3 is 15.0 Å². The van der Waals surface area contributed by atoms with E-state index in [0.29, 0.717) is 29.0 Å². The van der Waals surface area contributed by atoms with Crippen LogP contribution in [-0.2, 0) is 10.3 Å². The van der Waals surface area contributed by atoms with Gasteiger partial charge >= 0.3 is 0 Å². The summed E-state index contributed by atoms with van der Waals surface area (Å²) in [6.45, 7) is 2.06. The molecule has 0 saturated carbocycles. The smallest absolute Gasteiger partial charge is 0.276 e. The highest BCUT2D eigenvalue weighted by atomic mass is 35.5. The van der Waals surface area contributed by atoms with Gasteiger partial charge in [-0.1, -0.05) is 16.8 Å². The molecule has 7 heteroatoms. The number of halogens is 1. The minimum Gasteiger partial charge on any atom is -0.382 e. The van der Waals surface area contributed by atoms with Crippen molar-refractivity contribution in [2.24, 2.45) is 5.73 Å². The summed E-state index contributed by atoms with van der Waals surface area (Å²) in [7, 11) is 1.56. The first kappa shape index (κ1) is 12.9. The van der Waals surface area contributed by atoms with Crippen LogP contribution in [0, 0.1) is 0 Å². The molecule has 0 aromatic carbocycles. The lowest BCUT2D eigenvalue weighted by atomic mass is 10.1. The van der Waals surface area contributed by atoms with Crippen LogP contribution >= 0.6 is 11.6 Å². The number of nitrogens with two attached hydrogens (primary N) is 1. The molecule has 0 bridgehead atoms. The van der Waals surface area contributed by atoms with Gasteiger partial charge in [0, 0.05) is 13.3 Å². The second-order valence-electron chi connectivity index (χ2n) is 4.14. The summed E-state index contributed by atoms with van der Waals surface area (Å²) < 4.78 is 10.1. The fraction of sp³-hybridized carbons (Fsp3) is 0.364. The zero-order valence-corrected chi connectivity index (χ0v) is 10.8. The second-order valence-corrected chi connectivity index (χ2v) is 4.57. The van der Waals surface area contributed by atoms with Crippen molar-refractivity contribution in [1.82, 2.24) is 15.1 Å². The molecule has 0 amide bonds. The Morgan fingerprint density at radius 1 is 1.50 bits per heavy atom. The maximum atomic E-state index is 6.01. The van der Waals surface area contributed by atoms with Crippen LogP contribution in [0.2, 0.25) is 5.02 Å². The first-order valence-corrected chi connectivity index (χ1v) is 5.64. The van der Waals surface area contributed by atoms with Gasteiger partial charge in [0.15, 0.2) is 5.82 Å². The van der Waals surface area contributed by atoms with Crippen LogP contribution in [0.4, 0.5) is 0 Å². The monoisotopic (exact) mass is 268 g/mol. The van der Waals surface area contributed by atoms with E-state index in [1.807, 2.05) is 0 Å². The van der Waals surface area contributed by atoms with Crippen LogP contribution in [0.25, 0.3) is 11.6 Å². The molecule has 1 unspecified atom stereocenters. The van der Waals surface area contributed by atoms with Crippen molar-refractivity contribution in [2.45, 2.75) is 12.5 Å². The van der Waals surface area contributed by atoms with Crippen molar-refractivity contribution >= 4 is 11.6 Å². The van der Waals surface area contributed by atoms with Gasteiger partial charge in [0.05, 0.1) is 11.6 Å². The van der Waals surface area contributed by atoms with E-state index < -0.39 is 5.54 Å². The molecular formula is C11H13ClN4O2. The number of rotatable bonds is 4. The summed E-state index contributed by atoms with van der Waals surface area (Å²) in [6.07, 6.45) is 1.51. The average Bonchev–Trinajstić information content (AvgIpc) is 2.80. The molecule has 0 aliphatic heterocycles. The van der Waals surface area contributed by atoms with E-state index >= 15 is 0 Å². The number of pyridine rings is 1. The Morgan fingerprint density at radius 2 is 2.28 bits per heavy atom. The Labute approximate surface area is 109 Å². The molecule has 0 aliphatic carbocycles. The van der Waals surface area contributed by atoms with Gasteiger partial charge in [-0.15, -0.1) is 0 Å². The number of methoxy groups -OCH3 is 1. The molecule has 2 heterocycles. The minimum atomic E-state index is -0.803. The van der Waals surface area contributed by atoms with E-state index in [1.54, 1.807) is 26.2 Å². The Balaban J connectivity index is 2.28. The summed E-state index contributed by atoms with van der Waals surface area (Å²) >= 11 is 5.75. The Bertz CT molecular complexity index is 524. The van der Waals surface area contributed by atoms with Crippen LogP contribution in [0.3, 0.4) is 0 Å². The lowest BCUT2D eigenvalue weighted by molar-refractivity contribution is 0.135. The molecule has 2 aromatic heterocycles. The Kier molecular flexibility index (Phi) is 3.60. The number of aromatic nitrogens is 3. The van der Waals surface area contributed by atoms with Crippen LogP contribution in [0.1, 0.15) is 12.7 Å². The first-order chi connectivity index (χ1) is 8.53. The fourth-order valence-electron chi connectivity index (χ4n) is 1.43. The van der Waals surface area contributed by atoms with E-state index in [0.717, 1.165) is 0 Å². The maximum Gasteiger partial charge on any atom is 0.276 e. The van der Waals surface area contributed by atoms with E-state index in [1.165, 1.54) is 6.20 Å². The van der Waals surface area contributed by atoms with Gasteiger partial charge in [-0.3, -0.25) is 0 Å². The van der Waals surface area contributed by atoms with Crippen LogP contribution in [0.15, 0.2) is 22.9 Å². The summed E-state index contributed by atoms with van der Waals surface area (Å²) in [5.41, 5.74) is 5.76. The van der Waals surface area contributed by atoms with E-state index in [-0.39, 0.29) is 0 Å². The van der Waals surface area contributed by atoms with Crippen molar-refractivity contribution in [3.8, 4) is 11.6 Å². The van der Waals surface area contributed by atoms with Gasteiger partial charge in [0.2, 0.25) is 0 Å². The first-order valence-electron chi connectivity index (χ1n) is 5.27. The molecule has 0 spiro atoms. The van der Waals surface area contributed by atoms with E-state index in [4.69, 9.17) is 26.6 Å². The lowest BCUT2D eigenvalue weighted by Gasteiger charge is -2.18. The van der Waals surface area contributed by atoms with E-state index in [9.17, 15) is 0 Å². The third kappa shape index (κ3) is 2.66. The maximum absolute atomic E-state index is 6.01. The lowest BCUT2D eigenvalue weighted by Crippen LogP contribution is -2.38. The molecule has 18 heavy (non-hydrogen) atoms. The summed E-state index contributed by atoms with van der Waals surface area (Å²) in [4.78, 5) is 8.30. The van der Waals surface area contributed by atoms with Gasteiger partial charge in [-0.05, 0) is 19.1 Å². The van der Waals surface area contributed by atoms with E-state index in [2.05, 4.69) is 15.1 Å². The van der Waals surface area contributed by atoms with Crippen molar-refractivity contribution in [3.05, 3.63) is 29.2 Å². The van der Waals surface area contributed by atoms with Crippen LogP contribution in [0.5, 0.6) is 0 Å². The zero-order valence-electron chi connectivity index (χ0n) is 10.1. The molecule has 2 N–H and O–H groups in total. The molecule has 0 fully saturated rings. The number of hydrogen-bond acceptors (Lipinski definition) is 6. The summed E-state index contributed by atoms with van der Waals surface area (Å²) in [5, 5.41) is 4.38. The predicted molar refractivity (Wildman–Crippen MR) is 66.0 cm³/mol. The third-order valence-corrected chi connectivity index (χ3v) is 2.55. The normalized spacial score (nSPS) is 14.4. The average molecular weight is 269 g/mol. The number of ether oxygens (including phenoxy) is 1. The van der Waals surface area contributed by atoms with Gasteiger partial charge in [-0.25, -0.2) is 4.98 Å². The van der Waals surface area contributed by atoms with Gasteiger partial charge in [0.25, 0.3) is 5.89 Å². The SMILES string of the molecule is COCC(C)(N)c1noc(-c2ccc(Cl)cn2)n1. The fourth-order valence-corrected chi connectivity index (χ4v) is 1.54. The standard InChI is InChI=1S/C11H13ClN4O2/c1-11(13,6-17-2)10-15-9(18-16-10)8-4-3-7(12)5-14-8/h3-5H,6,13H2,1-2H3. The molecule has 96 valence electrons. The molecule has 6 nitrogen and oxygen atoms in total. The summed E-state index contributed by atoms with van der Waals surface area (Å²) in [5.74, 6) is 0.672. The van der Waals surface area contributed by atoms with Crippen molar-refractivity contribution in [1.29, 1.82) is 0 Å². The predicted octanol–water partition coefficient (Wildman–Crippen LogP) is 1.61. The highest BCUT2D eigenvalue weighted by Gasteiger charge is 2.28. The largest absolute Gasteiger partial charge is 0.382 e. The van der Waals surface area contributed by atoms with Crippen molar-refractivity contribution < 1.29 is 9.26 Å². The van der Waals surface area contributed by atoms with Crippen LogP contribution in [-0.4, -0.2) is 28.8 Å². The molecule has 1 atom stereocenters. The minimum absolute atomic E-state index is 0.292. The Hall–Kier alpha value is -1.50. The molecular weight excluding hydrogens is 256 g/mol. The van der Waals surface area contributed by atoms with Crippen LogP contribution < -0.4 is 5.73 Å². The molecule has 2 rings (SSSR count).